The summed E-state index contributed by atoms with van der Waals surface area (Å²) < 4.78 is 10.6. The topological polar surface area (TPSA) is 101 Å². The number of hydrogen-bond acceptors (Lipinski definition) is 8. The quantitative estimate of drug-likeness (QED) is 0.624. The molecule has 1 aliphatic rings. The molecule has 0 aliphatic carbocycles. The molecule has 1 N–H and O–H groups in total. The van der Waals surface area contributed by atoms with Crippen molar-refractivity contribution >= 4 is 28.6 Å². The molecule has 2 aromatic heterocycles. The molecule has 31 heavy (non-hydrogen) atoms. The number of anilines is 2. The van der Waals surface area contributed by atoms with Crippen LogP contribution in [0.15, 0.2) is 39.5 Å². The normalized spacial score (nSPS) is 14.0. The fraction of sp³-hybridized carbons (Fsp3) is 0.364. The maximum Gasteiger partial charge on any atom is 0.349 e. The van der Waals surface area contributed by atoms with E-state index in [-0.39, 0.29) is 11.5 Å². The number of amides is 1. The Kier molecular flexibility index (Phi) is 5.75. The lowest BCUT2D eigenvalue weighted by Crippen LogP contribution is -2.49. The summed E-state index contributed by atoms with van der Waals surface area (Å²) in [7, 11) is 1.51. The molecule has 162 valence electrons. The van der Waals surface area contributed by atoms with Crippen molar-refractivity contribution < 1.29 is 13.9 Å². The first kappa shape index (κ1) is 20.6. The van der Waals surface area contributed by atoms with Crippen molar-refractivity contribution in [3.8, 4) is 5.75 Å². The van der Waals surface area contributed by atoms with Gasteiger partial charge in [-0.2, -0.15) is 4.98 Å². The van der Waals surface area contributed by atoms with Crippen LogP contribution in [0.25, 0.3) is 11.0 Å². The van der Waals surface area contributed by atoms with Crippen LogP contribution < -0.4 is 20.6 Å². The lowest BCUT2D eigenvalue weighted by atomic mass is 10.1. The second kappa shape index (κ2) is 8.63. The number of carbonyl (C=O) groups excluding carboxylic acids is 1. The first-order valence-corrected chi connectivity index (χ1v) is 10.2. The minimum atomic E-state index is -0.661. The van der Waals surface area contributed by atoms with Gasteiger partial charge in [0, 0.05) is 49.9 Å². The van der Waals surface area contributed by atoms with Crippen LogP contribution in [-0.4, -0.2) is 60.6 Å². The Morgan fingerprint density at radius 1 is 1.19 bits per heavy atom. The molecule has 3 aromatic rings. The molecule has 0 unspecified atom stereocenters. The third-order valence-electron chi connectivity index (χ3n) is 5.24. The number of ether oxygens (including phenoxy) is 1. The summed E-state index contributed by atoms with van der Waals surface area (Å²) in [6.07, 6.45) is 0. The van der Waals surface area contributed by atoms with E-state index in [1.165, 1.54) is 7.11 Å². The lowest BCUT2D eigenvalue weighted by molar-refractivity contribution is 0.0742. The number of piperazine rings is 1. The maximum absolute atomic E-state index is 13.0. The van der Waals surface area contributed by atoms with Gasteiger partial charge in [0.05, 0.1) is 7.11 Å². The van der Waals surface area contributed by atoms with Crippen LogP contribution in [-0.2, 0) is 0 Å². The molecule has 0 saturated carbocycles. The van der Waals surface area contributed by atoms with Crippen LogP contribution >= 0.6 is 0 Å². The highest BCUT2D eigenvalue weighted by Crippen LogP contribution is 2.25. The molecular weight excluding hydrogens is 398 g/mol. The van der Waals surface area contributed by atoms with Crippen molar-refractivity contribution in [2.24, 2.45) is 0 Å². The van der Waals surface area contributed by atoms with Crippen molar-refractivity contribution in [2.75, 3.05) is 50.1 Å². The number of methoxy groups -OCH3 is 1. The number of aromatic nitrogens is 2. The number of aryl methyl sites for hydroxylation is 1. The molecule has 1 aliphatic heterocycles. The van der Waals surface area contributed by atoms with Crippen molar-refractivity contribution in [3.05, 3.63) is 52.0 Å². The number of hydrogen-bond donors (Lipinski definition) is 1. The standard InChI is InChI=1S/C22H25N5O4/c1-4-23-22-24-14(2)12-18(25-22)26-8-10-27(11-9-26)20(28)16-13-15-6-5-7-17(30-3)19(15)31-21(16)29/h5-7,12-13H,4,8-11H2,1-3H3,(H,23,24,25). The molecular formula is C22H25N5O4. The average Bonchev–Trinajstić information content (AvgIpc) is 2.78. The van der Waals surface area contributed by atoms with Crippen molar-refractivity contribution in [2.45, 2.75) is 13.8 Å². The SMILES string of the molecule is CCNc1nc(C)cc(N2CCN(C(=O)c3cc4cccc(OC)c4oc3=O)CC2)n1. The number of nitrogens with one attached hydrogen (secondary N) is 1. The van der Waals surface area contributed by atoms with Crippen LogP contribution in [0, 0.1) is 6.92 Å². The third-order valence-corrected chi connectivity index (χ3v) is 5.24. The van der Waals surface area contributed by atoms with Gasteiger partial charge in [-0.25, -0.2) is 9.78 Å². The van der Waals surface area contributed by atoms with Gasteiger partial charge >= 0.3 is 5.63 Å². The Morgan fingerprint density at radius 2 is 1.97 bits per heavy atom. The van der Waals surface area contributed by atoms with E-state index in [9.17, 15) is 9.59 Å². The number of nitrogens with zero attached hydrogens (tertiary/aromatic N) is 4. The molecule has 0 bridgehead atoms. The molecule has 9 nitrogen and oxygen atoms in total. The monoisotopic (exact) mass is 423 g/mol. The molecule has 1 amide bonds. The molecule has 0 spiro atoms. The van der Waals surface area contributed by atoms with Crippen LogP contribution in [0.3, 0.4) is 0 Å². The van der Waals surface area contributed by atoms with Gasteiger partial charge in [-0.1, -0.05) is 12.1 Å². The number of rotatable bonds is 5. The van der Waals surface area contributed by atoms with Crippen molar-refractivity contribution in [1.29, 1.82) is 0 Å². The number of para-hydroxylation sites is 1. The van der Waals surface area contributed by atoms with E-state index in [2.05, 4.69) is 20.2 Å². The summed E-state index contributed by atoms with van der Waals surface area (Å²) in [5, 5.41) is 3.78. The summed E-state index contributed by atoms with van der Waals surface area (Å²) in [5.41, 5.74) is 0.586. The van der Waals surface area contributed by atoms with Gasteiger partial charge in [0.25, 0.3) is 5.91 Å². The van der Waals surface area contributed by atoms with E-state index in [0.29, 0.717) is 48.8 Å². The zero-order valence-corrected chi connectivity index (χ0v) is 17.8. The fourth-order valence-electron chi connectivity index (χ4n) is 3.69. The highest BCUT2D eigenvalue weighted by Gasteiger charge is 2.26. The van der Waals surface area contributed by atoms with E-state index >= 15 is 0 Å². The molecule has 1 saturated heterocycles. The van der Waals surface area contributed by atoms with Gasteiger partial charge in [-0.05, 0) is 26.0 Å². The summed E-state index contributed by atoms with van der Waals surface area (Å²) >= 11 is 0. The zero-order chi connectivity index (χ0) is 22.0. The predicted molar refractivity (Wildman–Crippen MR) is 118 cm³/mol. The number of fused-ring (bicyclic) bond motifs is 1. The summed E-state index contributed by atoms with van der Waals surface area (Å²) in [4.78, 5) is 38.3. The molecule has 0 atom stereocenters. The first-order valence-electron chi connectivity index (χ1n) is 10.2. The van der Waals surface area contributed by atoms with Crippen LogP contribution in [0.1, 0.15) is 23.0 Å². The van der Waals surface area contributed by atoms with Crippen LogP contribution in [0.4, 0.5) is 11.8 Å². The highest BCUT2D eigenvalue weighted by molar-refractivity contribution is 5.97. The third kappa shape index (κ3) is 4.16. The van der Waals surface area contributed by atoms with E-state index in [1.54, 1.807) is 29.2 Å². The molecule has 3 heterocycles. The second-order valence-electron chi connectivity index (χ2n) is 7.33. The second-order valence-corrected chi connectivity index (χ2v) is 7.33. The van der Waals surface area contributed by atoms with E-state index in [0.717, 1.165) is 18.1 Å². The Bertz CT molecular complexity index is 1170. The Labute approximate surface area is 179 Å². The van der Waals surface area contributed by atoms with Gasteiger partial charge in [0.15, 0.2) is 11.3 Å². The zero-order valence-electron chi connectivity index (χ0n) is 17.8. The number of carbonyl (C=O) groups is 1. The van der Waals surface area contributed by atoms with Gasteiger partial charge in [0.1, 0.15) is 11.4 Å². The van der Waals surface area contributed by atoms with Crippen molar-refractivity contribution in [3.63, 3.8) is 0 Å². The first-order chi connectivity index (χ1) is 15.0. The molecule has 1 fully saturated rings. The highest BCUT2D eigenvalue weighted by atomic mass is 16.5. The average molecular weight is 423 g/mol. The summed E-state index contributed by atoms with van der Waals surface area (Å²) in [5.74, 6) is 1.55. The minimum Gasteiger partial charge on any atom is -0.493 e. The molecule has 9 heteroatoms. The van der Waals surface area contributed by atoms with Gasteiger partial charge < -0.3 is 24.3 Å². The van der Waals surface area contributed by atoms with Gasteiger partial charge in [-0.15, -0.1) is 0 Å². The van der Waals surface area contributed by atoms with Gasteiger partial charge in [0.2, 0.25) is 5.95 Å². The molecule has 0 radical (unpaired) electrons. The van der Waals surface area contributed by atoms with Crippen LogP contribution in [0.5, 0.6) is 5.75 Å². The predicted octanol–water partition coefficient (Wildman–Crippen LogP) is 2.29. The molecule has 1 aromatic carbocycles. The minimum absolute atomic E-state index is 0.0292. The summed E-state index contributed by atoms with van der Waals surface area (Å²) in [6, 6.07) is 8.80. The maximum atomic E-state index is 13.0. The van der Waals surface area contributed by atoms with E-state index in [4.69, 9.17) is 9.15 Å². The summed E-state index contributed by atoms with van der Waals surface area (Å²) in [6.45, 7) is 6.85. The van der Waals surface area contributed by atoms with E-state index in [1.807, 2.05) is 19.9 Å². The van der Waals surface area contributed by atoms with Crippen molar-refractivity contribution in [1.82, 2.24) is 14.9 Å². The largest absolute Gasteiger partial charge is 0.493 e. The van der Waals surface area contributed by atoms with E-state index < -0.39 is 5.63 Å². The smallest absolute Gasteiger partial charge is 0.349 e. The fourth-order valence-corrected chi connectivity index (χ4v) is 3.69. The van der Waals surface area contributed by atoms with Crippen LogP contribution in [0.2, 0.25) is 0 Å². The Hall–Kier alpha value is -3.62. The lowest BCUT2D eigenvalue weighted by Gasteiger charge is -2.35. The Balaban J connectivity index is 1.51. The molecule has 4 rings (SSSR count). The van der Waals surface area contributed by atoms with Gasteiger partial charge in [-0.3, -0.25) is 4.79 Å². The Morgan fingerprint density at radius 3 is 2.68 bits per heavy atom. The number of benzene rings is 1.